The number of nitrogens with zero attached hydrogens (tertiary/aromatic N) is 2. The highest BCUT2D eigenvalue weighted by atomic mass is 16.5. The lowest BCUT2D eigenvalue weighted by molar-refractivity contribution is 0.483. The van der Waals surface area contributed by atoms with Crippen LogP contribution in [0.3, 0.4) is 0 Å². The van der Waals surface area contributed by atoms with Gasteiger partial charge < -0.3 is 4.74 Å². The molecule has 0 unspecified atom stereocenters. The molecule has 0 amide bonds. The van der Waals surface area contributed by atoms with Crippen molar-refractivity contribution in [3.8, 4) is 34.0 Å². The van der Waals surface area contributed by atoms with Crippen LogP contribution in [-0.4, -0.2) is 9.97 Å². The maximum atomic E-state index is 6.11. The third-order valence-corrected chi connectivity index (χ3v) is 4.33. The van der Waals surface area contributed by atoms with Gasteiger partial charge in [-0.05, 0) is 73.5 Å². The summed E-state index contributed by atoms with van der Waals surface area (Å²) in [5, 5.41) is 0. The van der Waals surface area contributed by atoms with Gasteiger partial charge in [-0.2, -0.15) is 0 Å². The quantitative estimate of drug-likeness (QED) is 0.437. The SMILES string of the molecule is Cc1ccnc(-c2cccc(Oc3cccc(-c4cc(C)ccn4)c3)c2)c1. The molecule has 0 spiro atoms. The summed E-state index contributed by atoms with van der Waals surface area (Å²) < 4.78 is 6.11. The van der Waals surface area contributed by atoms with Crippen molar-refractivity contribution in [3.63, 3.8) is 0 Å². The Hall–Kier alpha value is -3.46. The third kappa shape index (κ3) is 4.04. The summed E-state index contributed by atoms with van der Waals surface area (Å²) in [5.41, 5.74) is 6.33. The van der Waals surface area contributed by atoms with Crippen molar-refractivity contribution in [3.05, 3.63) is 96.3 Å². The van der Waals surface area contributed by atoms with E-state index in [1.54, 1.807) is 0 Å². The molecule has 4 rings (SSSR count). The molecule has 2 aromatic carbocycles. The maximum Gasteiger partial charge on any atom is 0.128 e. The Balaban J connectivity index is 1.61. The number of rotatable bonds is 4. The lowest BCUT2D eigenvalue weighted by atomic mass is 10.1. The van der Waals surface area contributed by atoms with Crippen LogP contribution in [0.5, 0.6) is 11.5 Å². The Kier molecular flexibility index (Phi) is 4.67. The number of ether oxygens (including phenoxy) is 1. The van der Waals surface area contributed by atoms with Gasteiger partial charge in [-0.15, -0.1) is 0 Å². The number of hydrogen-bond acceptors (Lipinski definition) is 3. The molecule has 2 aromatic heterocycles. The van der Waals surface area contributed by atoms with Crippen LogP contribution in [0.25, 0.3) is 22.5 Å². The molecule has 3 nitrogen and oxygen atoms in total. The van der Waals surface area contributed by atoms with E-state index < -0.39 is 0 Å². The smallest absolute Gasteiger partial charge is 0.128 e. The first-order valence-corrected chi connectivity index (χ1v) is 8.91. The highest BCUT2D eigenvalue weighted by molar-refractivity contribution is 5.63. The number of aromatic nitrogens is 2. The number of hydrogen-bond donors (Lipinski definition) is 0. The van der Waals surface area contributed by atoms with E-state index in [0.717, 1.165) is 34.0 Å². The van der Waals surface area contributed by atoms with Crippen LogP contribution in [0.2, 0.25) is 0 Å². The molecule has 0 aliphatic rings. The van der Waals surface area contributed by atoms with Crippen LogP contribution in [-0.2, 0) is 0 Å². The van der Waals surface area contributed by atoms with Gasteiger partial charge in [-0.25, -0.2) is 0 Å². The first-order chi connectivity index (χ1) is 13.2. The van der Waals surface area contributed by atoms with Gasteiger partial charge in [0.25, 0.3) is 0 Å². The van der Waals surface area contributed by atoms with E-state index in [4.69, 9.17) is 4.74 Å². The van der Waals surface area contributed by atoms with Crippen molar-refractivity contribution in [1.29, 1.82) is 0 Å². The van der Waals surface area contributed by atoms with Gasteiger partial charge in [0.2, 0.25) is 0 Å². The molecule has 3 heteroatoms. The van der Waals surface area contributed by atoms with E-state index in [0.29, 0.717) is 0 Å². The topological polar surface area (TPSA) is 35.0 Å². The van der Waals surface area contributed by atoms with E-state index in [1.165, 1.54) is 11.1 Å². The van der Waals surface area contributed by atoms with Crippen molar-refractivity contribution in [1.82, 2.24) is 9.97 Å². The van der Waals surface area contributed by atoms with E-state index in [9.17, 15) is 0 Å². The molecule has 27 heavy (non-hydrogen) atoms. The van der Waals surface area contributed by atoms with Crippen molar-refractivity contribution in [2.45, 2.75) is 13.8 Å². The summed E-state index contributed by atoms with van der Waals surface area (Å²) in [6, 6.07) is 24.1. The Morgan fingerprint density at radius 2 is 1.07 bits per heavy atom. The van der Waals surface area contributed by atoms with Gasteiger partial charge in [0.05, 0.1) is 11.4 Å². The van der Waals surface area contributed by atoms with Crippen LogP contribution in [0.1, 0.15) is 11.1 Å². The first-order valence-electron chi connectivity index (χ1n) is 8.91. The molecular weight excluding hydrogens is 332 g/mol. The Bertz CT molecular complexity index is 1000. The lowest BCUT2D eigenvalue weighted by Crippen LogP contribution is -1.89. The zero-order valence-corrected chi connectivity index (χ0v) is 15.4. The second-order valence-electron chi connectivity index (χ2n) is 6.59. The van der Waals surface area contributed by atoms with Crippen LogP contribution >= 0.6 is 0 Å². The van der Waals surface area contributed by atoms with Crippen LogP contribution < -0.4 is 4.74 Å². The monoisotopic (exact) mass is 352 g/mol. The lowest BCUT2D eigenvalue weighted by Gasteiger charge is -2.09. The third-order valence-electron chi connectivity index (χ3n) is 4.33. The van der Waals surface area contributed by atoms with Crippen molar-refractivity contribution >= 4 is 0 Å². The molecular formula is C24H20N2O. The van der Waals surface area contributed by atoms with E-state index >= 15 is 0 Å². The zero-order valence-electron chi connectivity index (χ0n) is 15.4. The predicted molar refractivity (Wildman–Crippen MR) is 109 cm³/mol. The molecule has 0 aliphatic carbocycles. The summed E-state index contributed by atoms with van der Waals surface area (Å²) in [6.45, 7) is 4.13. The molecule has 0 saturated carbocycles. The zero-order chi connectivity index (χ0) is 18.6. The fraction of sp³-hybridized carbons (Fsp3) is 0.0833. The van der Waals surface area contributed by atoms with Crippen LogP contribution in [0, 0.1) is 13.8 Å². The first kappa shape index (κ1) is 17.0. The largest absolute Gasteiger partial charge is 0.457 e. The number of benzene rings is 2. The average Bonchev–Trinajstić information content (AvgIpc) is 2.68. The summed E-state index contributed by atoms with van der Waals surface area (Å²) in [4.78, 5) is 8.91. The second-order valence-corrected chi connectivity index (χ2v) is 6.59. The van der Waals surface area contributed by atoms with Crippen molar-refractivity contribution in [2.75, 3.05) is 0 Å². The summed E-state index contributed by atoms with van der Waals surface area (Å²) in [7, 11) is 0. The summed E-state index contributed by atoms with van der Waals surface area (Å²) in [5.74, 6) is 1.57. The highest BCUT2D eigenvalue weighted by Gasteiger charge is 2.05. The van der Waals surface area contributed by atoms with Gasteiger partial charge in [-0.3, -0.25) is 9.97 Å². The predicted octanol–water partition coefficient (Wildman–Crippen LogP) is 6.22. The van der Waals surface area contributed by atoms with E-state index in [1.807, 2.05) is 73.1 Å². The highest BCUT2D eigenvalue weighted by Crippen LogP contribution is 2.29. The average molecular weight is 352 g/mol. The van der Waals surface area contributed by atoms with Crippen LogP contribution in [0.15, 0.2) is 85.2 Å². The van der Waals surface area contributed by atoms with Crippen LogP contribution in [0.4, 0.5) is 0 Å². The minimum absolute atomic E-state index is 0.783. The second kappa shape index (κ2) is 7.42. The molecule has 0 radical (unpaired) electrons. The molecule has 4 aromatic rings. The Morgan fingerprint density at radius 1 is 0.593 bits per heavy atom. The normalized spacial score (nSPS) is 10.6. The molecule has 0 fully saturated rings. The van der Waals surface area contributed by atoms with E-state index in [2.05, 4.69) is 35.9 Å². The standard InChI is InChI=1S/C24H20N2O/c1-17-9-11-25-23(13-17)19-5-3-7-21(15-19)27-22-8-4-6-20(16-22)24-14-18(2)10-12-26-24/h3-16H,1-2H3. The minimum Gasteiger partial charge on any atom is -0.457 e. The van der Waals surface area contributed by atoms with Gasteiger partial charge >= 0.3 is 0 Å². The Labute approximate surface area is 159 Å². The molecule has 132 valence electrons. The number of aryl methyl sites for hydroxylation is 2. The van der Waals surface area contributed by atoms with Gasteiger partial charge in [0.1, 0.15) is 11.5 Å². The van der Waals surface area contributed by atoms with Gasteiger partial charge in [0, 0.05) is 23.5 Å². The molecule has 0 aliphatic heterocycles. The summed E-state index contributed by atoms with van der Waals surface area (Å²) in [6.07, 6.45) is 3.66. The maximum absolute atomic E-state index is 6.11. The molecule has 0 bridgehead atoms. The number of pyridine rings is 2. The molecule has 2 heterocycles. The Morgan fingerprint density at radius 3 is 1.52 bits per heavy atom. The fourth-order valence-electron chi connectivity index (χ4n) is 2.96. The van der Waals surface area contributed by atoms with Crippen molar-refractivity contribution < 1.29 is 4.74 Å². The van der Waals surface area contributed by atoms with Gasteiger partial charge in [0.15, 0.2) is 0 Å². The fourth-order valence-corrected chi connectivity index (χ4v) is 2.96. The summed E-state index contributed by atoms with van der Waals surface area (Å²) >= 11 is 0. The molecule has 0 atom stereocenters. The molecule has 0 N–H and O–H groups in total. The van der Waals surface area contributed by atoms with Gasteiger partial charge in [-0.1, -0.05) is 24.3 Å². The molecule has 0 saturated heterocycles. The minimum atomic E-state index is 0.783. The van der Waals surface area contributed by atoms with E-state index in [-0.39, 0.29) is 0 Å². The van der Waals surface area contributed by atoms with Crippen molar-refractivity contribution in [2.24, 2.45) is 0 Å².